The Morgan fingerprint density at radius 2 is 1.70 bits per heavy atom. The molecule has 2 aliphatic rings. The van der Waals surface area contributed by atoms with Crippen LogP contribution in [-0.2, 0) is 16.1 Å². The second-order valence-corrected chi connectivity index (χ2v) is 8.32. The number of nitriles is 1. The van der Waals surface area contributed by atoms with E-state index in [2.05, 4.69) is 21.2 Å². The smallest absolute Gasteiger partial charge is 0.234 e. The van der Waals surface area contributed by atoms with Crippen molar-refractivity contribution in [1.82, 2.24) is 15.1 Å². The summed E-state index contributed by atoms with van der Waals surface area (Å²) in [7, 11) is 0. The van der Waals surface area contributed by atoms with E-state index >= 15 is 0 Å². The van der Waals surface area contributed by atoms with Crippen LogP contribution in [0, 0.1) is 23.0 Å². The number of para-hydroxylation sites is 1. The van der Waals surface area contributed by atoms with E-state index in [9.17, 15) is 13.6 Å². The maximum atomic E-state index is 13.7. The second-order valence-electron chi connectivity index (χ2n) is 8.32. The molecule has 2 aliphatic heterocycles. The van der Waals surface area contributed by atoms with E-state index in [1.807, 2.05) is 12.1 Å². The molecule has 0 aliphatic carbocycles. The average molecular weight is 456 g/mol. The number of ether oxygens (including phenoxy) is 2. The number of rotatable bonds is 8. The molecule has 2 unspecified atom stereocenters. The Morgan fingerprint density at radius 3 is 2.33 bits per heavy atom. The summed E-state index contributed by atoms with van der Waals surface area (Å²) in [6, 6.07) is 12.8. The molecule has 2 heterocycles. The number of halogens is 2. The minimum Gasteiger partial charge on any atom is -0.486 e. The van der Waals surface area contributed by atoms with Crippen molar-refractivity contribution in [3.8, 4) is 11.8 Å². The molecule has 1 N–H and O–H groups in total. The van der Waals surface area contributed by atoms with Gasteiger partial charge in [0.1, 0.15) is 6.61 Å². The van der Waals surface area contributed by atoms with Crippen LogP contribution in [-0.4, -0.2) is 73.8 Å². The summed E-state index contributed by atoms with van der Waals surface area (Å²) in [6.45, 7) is 4.04. The van der Waals surface area contributed by atoms with E-state index in [0.717, 1.165) is 5.56 Å². The van der Waals surface area contributed by atoms with E-state index in [4.69, 9.17) is 14.7 Å². The lowest BCUT2D eigenvalue weighted by molar-refractivity contribution is -0.145. The number of carbonyl (C=O) groups excluding carboxylic acids is 1. The van der Waals surface area contributed by atoms with Crippen LogP contribution in [0.25, 0.3) is 0 Å². The van der Waals surface area contributed by atoms with Crippen LogP contribution in [0.1, 0.15) is 11.1 Å². The van der Waals surface area contributed by atoms with Crippen LogP contribution in [0.3, 0.4) is 0 Å². The summed E-state index contributed by atoms with van der Waals surface area (Å²) in [5.41, 5.74) is 1.53. The Balaban J connectivity index is 1.19. The third-order valence-electron chi connectivity index (χ3n) is 5.75. The van der Waals surface area contributed by atoms with Crippen LogP contribution >= 0.6 is 0 Å². The van der Waals surface area contributed by atoms with Crippen molar-refractivity contribution in [3.63, 3.8) is 0 Å². The van der Waals surface area contributed by atoms with Gasteiger partial charge in [0.05, 0.1) is 30.4 Å². The highest BCUT2D eigenvalue weighted by Crippen LogP contribution is 2.22. The molecule has 2 saturated heterocycles. The average Bonchev–Trinajstić information content (AvgIpc) is 2.79. The second kappa shape index (κ2) is 10.7. The molecule has 0 spiro atoms. The zero-order valence-corrected chi connectivity index (χ0v) is 18.2. The van der Waals surface area contributed by atoms with Crippen molar-refractivity contribution in [1.29, 1.82) is 5.26 Å². The highest BCUT2D eigenvalue weighted by Gasteiger charge is 2.35. The Bertz CT molecular complexity index is 978. The first kappa shape index (κ1) is 23.1. The maximum Gasteiger partial charge on any atom is 0.234 e. The zero-order valence-electron chi connectivity index (χ0n) is 18.2. The molecule has 0 saturated carbocycles. The first-order valence-electron chi connectivity index (χ1n) is 10.9. The molecule has 0 radical (unpaired) electrons. The van der Waals surface area contributed by atoms with E-state index in [-0.39, 0.29) is 30.5 Å². The monoisotopic (exact) mass is 456 g/mol. The largest absolute Gasteiger partial charge is 0.486 e. The number of hydrogen-bond acceptors (Lipinski definition) is 6. The lowest BCUT2D eigenvalue weighted by atomic mass is 10.1. The third kappa shape index (κ3) is 6.26. The van der Waals surface area contributed by atoms with Gasteiger partial charge in [-0.2, -0.15) is 5.26 Å². The number of morpholine rings is 2. The van der Waals surface area contributed by atoms with Gasteiger partial charge in [0.25, 0.3) is 0 Å². The minimum absolute atomic E-state index is 0.0333. The summed E-state index contributed by atoms with van der Waals surface area (Å²) in [4.78, 5) is 16.6. The number of benzene rings is 2. The molecule has 174 valence electrons. The van der Waals surface area contributed by atoms with Crippen LogP contribution < -0.4 is 10.1 Å². The number of amides is 1. The van der Waals surface area contributed by atoms with E-state index in [1.165, 1.54) is 18.2 Å². The van der Waals surface area contributed by atoms with Gasteiger partial charge in [0.2, 0.25) is 5.91 Å². The van der Waals surface area contributed by atoms with Crippen molar-refractivity contribution in [2.75, 3.05) is 45.9 Å². The van der Waals surface area contributed by atoms with Gasteiger partial charge in [-0.25, -0.2) is 8.78 Å². The van der Waals surface area contributed by atoms with Gasteiger partial charge in [-0.05, 0) is 29.8 Å². The number of nitrogens with zero attached hydrogens (tertiary/aromatic N) is 3. The molecular formula is C24H26F2N4O3. The predicted octanol–water partition coefficient (Wildman–Crippen LogP) is 1.92. The van der Waals surface area contributed by atoms with E-state index in [1.54, 1.807) is 12.1 Å². The highest BCUT2D eigenvalue weighted by atomic mass is 19.1. The van der Waals surface area contributed by atoms with Crippen LogP contribution in [0.5, 0.6) is 5.75 Å². The molecule has 1 amide bonds. The van der Waals surface area contributed by atoms with E-state index < -0.39 is 11.6 Å². The SMILES string of the molecule is N#Cc1ccc(CNC(=O)CN2CC3CN(CCOc4c(F)cccc4F)CC(C2)O3)cc1. The van der Waals surface area contributed by atoms with Gasteiger partial charge in [-0.15, -0.1) is 0 Å². The van der Waals surface area contributed by atoms with Crippen LogP contribution in [0.4, 0.5) is 8.78 Å². The third-order valence-corrected chi connectivity index (χ3v) is 5.75. The number of carbonyl (C=O) groups is 1. The van der Waals surface area contributed by atoms with Crippen molar-refractivity contribution >= 4 is 5.91 Å². The van der Waals surface area contributed by atoms with Gasteiger partial charge >= 0.3 is 0 Å². The van der Waals surface area contributed by atoms with Crippen LogP contribution in [0.2, 0.25) is 0 Å². The molecular weight excluding hydrogens is 430 g/mol. The quantitative estimate of drug-likeness (QED) is 0.654. The molecule has 0 aromatic heterocycles. The van der Waals surface area contributed by atoms with Crippen molar-refractivity contribution in [3.05, 3.63) is 65.2 Å². The maximum absolute atomic E-state index is 13.7. The Morgan fingerprint density at radius 1 is 1.06 bits per heavy atom. The lowest BCUT2D eigenvalue weighted by Crippen LogP contribution is -2.60. The molecule has 2 aromatic rings. The highest BCUT2D eigenvalue weighted by molar-refractivity contribution is 5.78. The van der Waals surface area contributed by atoms with Crippen LogP contribution in [0.15, 0.2) is 42.5 Å². The Kier molecular flexibility index (Phi) is 7.50. The standard InChI is InChI=1S/C24H26F2N4O3/c25-21-2-1-3-22(26)24(21)32-9-8-29-12-19-14-30(15-20(13-29)33-19)16-23(31)28-11-18-6-4-17(10-27)5-7-18/h1-7,19-20H,8-9,11-16H2,(H,28,31). The van der Waals surface area contributed by atoms with E-state index in [0.29, 0.717) is 51.4 Å². The normalized spacial score (nSPS) is 20.8. The number of nitrogens with one attached hydrogen (secondary N) is 1. The van der Waals surface area contributed by atoms with Crippen molar-refractivity contribution < 1.29 is 23.0 Å². The minimum atomic E-state index is -0.707. The molecule has 4 rings (SSSR count). The molecule has 9 heteroatoms. The topological polar surface area (TPSA) is 77.8 Å². The van der Waals surface area contributed by atoms with Gasteiger partial charge < -0.3 is 14.8 Å². The number of hydrogen-bond donors (Lipinski definition) is 1. The number of fused-ring (bicyclic) bond motifs is 2. The summed E-state index contributed by atoms with van der Waals surface area (Å²) >= 11 is 0. The summed E-state index contributed by atoms with van der Waals surface area (Å²) in [6.07, 6.45) is -0.0666. The Labute approximate surface area is 191 Å². The first-order chi connectivity index (χ1) is 16.0. The lowest BCUT2D eigenvalue weighted by Gasteiger charge is -2.45. The van der Waals surface area contributed by atoms with Gasteiger partial charge in [-0.3, -0.25) is 14.6 Å². The predicted molar refractivity (Wildman–Crippen MR) is 116 cm³/mol. The fourth-order valence-electron chi connectivity index (χ4n) is 4.23. The summed E-state index contributed by atoms with van der Waals surface area (Å²) in [5.74, 6) is -1.82. The Hall–Kier alpha value is -3.06. The van der Waals surface area contributed by atoms with Crippen molar-refractivity contribution in [2.24, 2.45) is 0 Å². The molecule has 2 bridgehead atoms. The van der Waals surface area contributed by atoms with Gasteiger partial charge in [0, 0.05) is 39.3 Å². The molecule has 7 nitrogen and oxygen atoms in total. The van der Waals surface area contributed by atoms with Crippen molar-refractivity contribution in [2.45, 2.75) is 18.8 Å². The molecule has 2 fully saturated rings. The zero-order chi connectivity index (χ0) is 23.2. The first-order valence-corrected chi connectivity index (χ1v) is 10.9. The summed E-state index contributed by atoms with van der Waals surface area (Å²) < 4.78 is 38.7. The van der Waals surface area contributed by atoms with Gasteiger partial charge in [-0.1, -0.05) is 18.2 Å². The summed E-state index contributed by atoms with van der Waals surface area (Å²) in [5, 5.41) is 11.8. The van der Waals surface area contributed by atoms with Gasteiger partial charge in [0.15, 0.2) is 17.4 Å². The molecule has 2 aromatic carbocycles. The molecule has 33 heavy (non-hydrogen) atoms. The fourth-order valence-corrected chi connectivity index (χ4v) is 4.23. The fraction of sp³-hybridized carbons (Fsp3) is 0.417. The molecule has 2 atom stereocenters.